The first kappa shape index (κ1) is 12.0. The Hall–Kier alpha value is -1.48. The molecular weight excluding hydrogens is 232 g/mol. The van der Waals surface area contributed by atoms with Crippen LogP contribution in [0.4, 0.5) is 0 Å². The van der Waals surface area contributed by atoms with Gasteiger partial charge in [-0.25, -0.2) is 0 Å². The smallest absolute Gasteiger partial charge is 0.324 e. The van der Waals surface area contributed by atoms with Crippen molar-refractivity contribution in [3.63, 3.8) is 0 Å². The van der Waals surface area contributed by atoms with Gasteiger partial charge in [0, 0.05) is 0 Å². The molecule has 0 bridgehead atoms. The van der Waals surface area contributed by atoms with Crippen LogP contribution in [0.25, 0.3) is 10.8 Å². The van der Waals surface area contributed by atoms with E-state index in [0.29, 0.717) is 0 Å². The summed E-state index contributed by atoms with van der Waals surface area (Å²) in [7, 11) is 0. The fraction of sp³-hybridized carbons (Fsp3) is 0.214. The third-order valence-electron chi connectivity index (χ3n) is 3.12. The Labute approximate surface area is 105 Å². The topological polar surface area (TPSA) is 37.3 Å². The highest BCUT2D eigenvalue weighted by atomic mass is 32.2. The number of carboxylic acid groups (broad SMARTS) is 1. The zero-order valence-corrected chi connectivity index (χ0v) is 10.6. The van der Waals surface area contributed by atoms with E-state index in [2.05, 4.69) is 0 Å². The summed E-state index contributed by atoms with van der Waals surface area (Å²) >= 11 is 1.34. The predicted octanol–water partition coefficient (Wildman–Crippen LogP) is 3.50. The van der Waals surface area contributed by atoms with Crippen molar-refractivity contribution in [3.05, 3.63) is 48.0 Å². The third kappa shape index (κ3) is 2.03. The highest BCUT2D eigenvalue weighted by Crippen LogP contribution is 2.35. The first-order valence-electron chi connectivity index (χ1n) is 5.36. The van der Waals surface area contributed by atoms with E-state index in [1.165, 1.54) is 11.8 Å². The number of carbonyl (C=O) groups is 1. The number of fused-ring (bicyclic) bond motifs is 1. The molecule has 0 aliphatic rings. The van der Waals surface area contributed by atoms with Gasteiger partial charge >= 0.3 is 5.97 Å². The van der Waals surface area contributed by atoms with Crippen molar-refractivity contribution in [2.24, 2.45) is 0 Å². The van der Waals surface area contributed by atoms with E-state index in [0.717, 1.165) is 16.3 Å². The van der Waals surface area contributed by atoms with Crippen LogP contribution >= 0.6 is 11.8 Å². The van der Waals surface area contributed by atoms with E-state index >= 15 is 0 Å². The van der Waals surface area contributed by atoms with Crippen LogP contribution in [-0.4, -0.2) is 17.3 Å². The summed E-state index contributed by atoms with van der Waals surface area (Å²) in [6.07, 6.45) is 1.82. The van der Waals surface area contributed by atoms with Crippen molar-refractivity contribution in [1.82, 2.24) is 0 Å². The second kappa shape index (κ2) is 4.41. The second-order valence-electron chi connectivity index (χ2n) is 4.10. The lowest BCUT2D eigenvalue weighted by atomic mass is 9.97. The number of thioether (sulfide) groups is 1. The molecule has 0 aliphatic carbocycles. The van der Waals surface area contributed by atoms with Gasteiger partial charge in [-0.1, -0.05) is 36.4 Å². The minimum Gasteiger partial charge on any atom is -0.480 e. The van der Waals surface area contributed by atoms with E-state index in [-0.39, 0.29) is 0 Å². The molecule has 0 saturated heterocycles. The van der Waals surface area contributed by atoms with E-state index < -0.39 is 10.7 Å². The SMILES string of the molecule is CSC(C)(C(=O)O)c1ccc2ccccc2c1. The highest BCUT2D eigenvalue weighted by molar-refractivity contribution is 8.00. The van der Waals surface area contributed by atoms with Crippen LogP contribution in [0.5, 0.6) is 0 Å². The first-order chi connectivity index (χ1) is 8.08. The van der Waals surface area contributed by atoms with Gasteiger partial charge in [0.2, 0.25) is 0 Å². The van der Waals surface area contributed by atoms with Crippen LogP contribution in [0.1, 0.15) is 12.5 Å². The monoisotopic (exact) mass is 246 g/mol. The molecule has 0 aliphatic heterocycles. The van der Waals surface area contributed by atoms with Gasteiger partial charge in [0.25, 0.3) is 0 Å². The third-order valence-corrected chi connectivity index (χ3v) is 4.34. The van der Waals surface area contributed by atoms with Crippen LogP contribution in [0.2, 0.25) is 0 Å². The molecule has 2 nitrogen and oxygen atoms in total. The Balaban J connectivity index is 2.59. The molecule has 0 heterocycles. The van der Waals surface area contributed by atoms with Gasteiger partial charge in [0.05, 0.1) is 0 Å². The number of rotatable bonds is 3. The molecule has 1 N–H and O–H groups in total. The average molecular weight is 246 g/mol. The van der Waals surface area contributed by atoms with Crippen LogP contribution in [0, 0.1) is 0 Å². The Morgan fingerprint density at radius 1 is 1.18 bits per heavy atom. The molecular formula is C14H14O2S. The van der Waals surface area contributed by atoms with Gasteiger partial charge in [0.1, 0.15) is 4.75 Å². The number of carboxylic acids is 1. The summed E-state index contributed by atoms with van der Waals surface area (Å²) in [5, 5.41) is 11.5. The zero-order chi connectivity index (χ0) is 12.5. The predicted molar refractivity (Wildman–Crippen MR) is 72.5 cm³/mol. The normalized spacial score (nSPS) is 14.5. The molecule has 0 spiro atoms. The number of aliphatic carboxylic acids is 1. The molecule has 3 heteroatoms. The summed E-state index contributed by atoms with van der Waals surface area (Å²) in [4.78, 5) is 11.4. The Kier molecular flexibility index (Phi) is 3.11. The molecule has 0 saturated carbocycles. The summed E-state index contributed by atoms with van der Waals surface area (Å²) < 4.78 is -0.885. The molecule has 1 atom stereocenters. The quantitative estimate of drug-likeness (QED) is 0.900. The largest absolute Gasteiger partial charge is 0.480 e. The summed E-state index contributed by atoms with van der Waals surface area (Å²) in [6.45, 7) is 1.74. The number of hydrogen-bond acceptors (Lipinski definition) is 2. The Morgan fingerprint density at radius 3 is 2.41 bits per heavy atom. The summed E-state index contributed by atoms with van der Waals surface area (Å²) in [5.41, 5.74) is 0.830. The van der Waals surface area contributed by atoms with Crippen molar-refractivity contribution in [1.29, 1.82) is 0 Å². The summed E-state index contributed by atoms with van der Waals surface area (Å²) in [5.74, 6) is -0.805. The Morgan fingerprint density at radius 2 is 1.82 bits per heavy atom. The lowest BCUT2D eigenvalue weighted by molar-refractivity contribution is -0.139. The van der Waals surface area contributed by atoms with Crippen molar-refractivity contribution >= 4 is 28.5 Å². The lowest BCUT2D eigenvalue weighted by Crippen LogP contribution is -2.28. The minimum atomic E-state index is -0.885. The van der Waals surface area contributed by atoms with E-state index in [1.807, 2.05) is 48.7 Å². The minimum absolute atomic E-state index is 0.805. The number of hydrogen-bond donors (Lipinski definition) is 1. The molecule has 2 rings (SSSR count). The van der Waals surface area contributed by atoms with Gasteiger partial charge < -0.3 is 5.11 Å². The fourth-order valence-corrected chi connectivity index (χ4v) is 2.35. The molecule has 0 aromatic heterocycles. The second-order valence-corrected chi connectivity index (χ2v) is 5.33. The van der Waals surface area contributed by atoms with Gasteiger partial charge in [-0.3, -0.25) is 4.79 Å². The lowest BCUT2D eigenvalue weighted by Gasteiger charge is -2.23. The van der Waals surface area contributed by atoms with Gasteiger partial charge in [0.15, 0.2) is 0 Å². The zero-order valence-electron chi connectivity index (χ0n) is 9.81. The summed E-state index contributed by atoms with van der Waals surface area (Å²) in [6, 6.07) is 13.8. The molecule has 0 radical (unpaired) electrons. The maximum absolute atomic E-state index is 11.4. The molecule has 0 amide bonds. The van der Waals surface area contributed by atoms with E-state index in [1.54, 1.807) is 6.92 Å². The van der Waals surface area contributed by atoms with Gasteiger partial charge in [-0.05, 0) is 35.6 Å². The molecule has 0 fully saturated rings. The molecule has 17 heavy (non-hydrogen) atoms. The van der Waals surface area contributed by atoms with Gasteiger partial charge in [-0.15, -0.1) is 11.8 Å². The van der Waals surface area contributed by atoms with Crippen molar-refractivity contribution < 1.29 is 9.90 Å². The van der Waals surface area contributed by atoms with Crippen LogP contribution in [0.15, 0.2) is 42.5 Å². The van der Waals surface area contributed by atoms with Crippen molar-refractivity contribution in [3.8, 4) is 0 Å². The van der Waals surface area contributed by atoms with Crippen molar-refractivity contribution in [2.45, 2.75) is 11.7 Å². The highest BCUT2D eigenvalue weighted by Gasteiger charge is 2.34. The first-order valence-corrected chi connectivity index (χ1v) is 6.58. The standard InChI is InChI=1S/C14H14O2S/c1-14(17-2,13(15)16)12-8-7-10-5-3-4-6-11(10)9-12/h3-9H,1-2H3,(H,15,16). The molecule has 2 aromatic rings. The number of benzene rings is 2. The Bertz CT molecular complexity index is 565. The maximum atomic E-state index is 11.4. The van der Waals surface area contributed by atoms with Gasteiger partial charge in [-0.2, -0.15) is 0 Å². The molecule has 1 unspecified atom stereocenters. The average Bonchev–Trinajstić information content (AvgIpc) is 2.37. The molecule has 88 valence electrons. The van der Waals surface area contributed by atoms with Crippen LogP contribution in [-0.2, 0) is 9.54 Å². The van der Waals surface area contributed by atoms with Crippen LogP contribution < -0.4 is 0 Å². The molecule has 2 aromatic carbocycles. The maximum Gasteiger partial charge on any atom is 0.324 e. The van der Waals surface area contributed by atoms with Crippen molar-refractivity contribution in [2.75, 3.05) is 6.26 Å². The fourth-order valence-electron chi connectivity index (χ4n) is 1.81. The van der Waals surface area contributed by atoms with E-state index in [4.69, 9.17) is 0 Å². The van der Waals surface area contributed by atoms with E-state index in [9.17, 15) is 9.90 Å². The van der Waals surface area contributed by atoms with Crippen LogP contribution in [0.3, 0.4) is 0 Å².